The van der Waals surface area contributed by atoms with E-state index in [1.54, 1.807) is 24.3 Å². The number of nitrogens with one attached hydrogen (secondary N) is 2. The number of benzene rings is 1. The van der Waals surface area contributed by atoms with Crippen LogP contribution in [-0.4, -0.2) is 22.9 Å². The van der Waals surface area contributed by atoms with Crippen LogP contribution in [0.3, 0.4) is 0 Å². The Balaban J connectivity index is 2.05. The molecule has 2 amide bonds. The highest BCUT2D eigenvalue weighted by Gasteiger charge is 2.10. The zero-order chi connectivity index (χ0) is 15.4. The first kappa shape index (κ1) is 14.7. The van der Waals surface area contributed by atoms with Crippen LogP contribution in [-0.2, 0) is 4.79 Å². The topological polar surface area (TPSA) is 95.5 Å². The summed E-state index contributed by atoms with van der Waals surface area (Å²) in [5, 5.41) is 14.5. The maximum atomic E-state index is 12.0. The molecule has 0 aliphatic heterocycles. The summed E-state index contributed by atoms with van der Waals surface area (Å²) in [6.07, 6.45) is 0. The van der Waals surface area contributed by atoms with Crippen LogP contribution in [0.5, 0.6) is 0 Å². The van der Waals surface area contributed by atoms with Crippen molar-refractivity contribution in [1.82, 2.24) is 0 Å². The molecular formula is C14H12N2O4S. The maximum Gasteiger partial charge on any atom is 0.345 e. The largest absolute Gasteiger partial charge is 0.477 e. The molecule has 1 aromatic heterocycles. The minimum absolute atomic E-state index is 0.159. The molecule has 0 spiro atoms. The Hall–Kier alpha value is -2.67. The molecule has 0 bridgehead atoms. The molecule has 1 heterocycles. The van der Waals surface area contributed by atoms with Crippen molar-refractivity contribution in [1.29, 1.82) is 0 Å². The van der Waals surface area contributed by atoms with Crippen molar-refractivity contribution < 1.29 is 19.5 Å². The number of carboxylic acid groups (broad SMARTS) is 1. The number of carboxylic acids is 1. The van der Waals surface area contributed by atoms with Gasteiger partial charge in [0.25, 0.3) is 5.91 Å². The van der Waals surface area contributed by atoms with Gasteiger partial charge in [-0.15, -0.1) is 11.3 Å². The molecule has 7 heteroatoms. The lowest BCUT2D eigenvalue weighted by molar-refractivity contribution is -0.114. The lowest BCUT2D eigenvalue weighted by Crippen LogP contribution is -2.11. The van der Waals surface area contributed by atoms with Gasteiger partial charge in [-0.05, 0) is 36.4 Å². The molecular weight excluding hydrogens is 292 g/mol. The predicted molar refractivity (Wildman–Crippen MR) is 80.0 cm³/mol. The molecule has 3 N–H and O–H groups in total. The second-order valence-electron chi connectivity index (χ2n) is 4.18. The summed E-state index contributed by atoms with van der Waals surface area (Å²) in [5.74, 6) is -1.56. The van der Waals surface area contributed by atoms with Gasteiger partial charge < -0.3 is 15.7 Å². The smallest absolute Gasteiger partial charge is 0.345 e. The average molecular weight is 304 g/mol. The molecule has 108 valence electrons. The first-order valence-corrected chi connectivity index (χ1v) is 6.79. The fraction of sp³-hybridized carbons (Fsp3) is 0.0714. The molecule has 0 saturated carbocycles. The van der Waals surface area contributed by atoms with Crippen molar-refractivity contribution >= 4 is 39.8 Å². The van der Waals surface area contributed by atoms with Crippen LogP contribution in [0.1, 0.15) is 27.0 Å². The Kier molecular flexibility index (Phi) is 4.34. The standard InChI is InChI=1S/C14H12N2O4S/c1-8(17)15-10-4-2-9(3-5-10)13(18)16-12-7-6-11(21-12)14(19)20/h2-7H,1H3,(H,15,17)(H,16,18)(H,19,20). The van der Waals surface area contributed by atoms with Crippen molar-refractivity contribution in [3.05, 3.63) is 46.8 Å². The van der Waals surface area contributed by atoms with Crippen molar-refractivity contribution in [3.8, 4) is 0 Å². The summed E-state index contributed by atoms with van der Waals surface area (Å²) < 4.78 is 0. The number of amides is 2. The van der Waals surface area contributed by atoms with E-state index in [4.69, 9.17) is 5.11 Å². The molecule has 0 saturated heterocycles. The zero-order valence-corrected chi connectivity index (χ0v) is 11.9. The van der Waals surface area contributed by atoms with Crippen LogP contribution in [0.4, 0.5) is 10.7 Å². The van der Waals surface area contributed by atoms with E-state index in [0.717, 1.165) is 11.3 Å². The van der Waals surface area contributed by atoms with Crippen LogP contribution < -0.4 is 10.6 Å². The first-order valence-electron chi connectivity index (χ1n) is 5.98. The Bertz CT molecular complexity index is 691. The first-order chi connectivity index (χ1) is 9.95. The minimum atomic E-state index is -1.03. The van der Waals surface area contributed by atoms with Crippen LogP contribution in [0.25, 0.3) is 0 Å². The van der Waals surface area contributed by atoms with E-state index < -0.39 is 5.97 Å². The van der Waals surface area contributed by atoms with E-state index in [9.17, 15) is 14.4 Å². The van der Waals surface area contributed by atoms with E-state index in [1.165, 1.54) is 19.1 Å². The highest BCUT2D eigenvalue weighted by atomic mass is 32.1. The molecule has 2 aromatic rings. The summed E-state index contributed by atoms with van der Waals surface area (Å²) in [7, 11) is 0. The second-order valence-corrected chi connectivity index (χ2v) is 5.27. The summed E-state index contributed by atoms with van der Waals surface area (Å²) >= 11 is 0.987. The molecule has 0 aliphatic rings. The predicted octanol–water partition coefficient (Wildman–Crippen LogP) is 2.66. The second kappa shape index (κ2) is 6.19. The van der Waals surface area contributed by atoms with Gasteiger partial charge in [-0.2, -0.15) is 0 Å². The summed E-state index contributed by atoms with van der Waals surface area (Å²) in [6.45, 7) is 1.40. The lowest BCUT2D eigenvalue weighted by atomic mass is 10.2. The average Bonchev–Trinajstić information content (AvgIpc) is 2.87. The quantitative estimate of drug-likeness (QED) is 0.809. The summed E-state index contributed by atoms with van der Waals surface area (Å²) in [6, 6.07) is 9.36. The molecule has 0 aliphatic carbocycles. The van der Waals surface area contributed by atoms with Gasteiger partial charge in [0.15, 0.2) is 0 Å². The van der Waals surface area contributed by atoms with Crippen molar-refractivity contribution in [2.45, 2.75) is 6.92 Å². The number of carbonyl (C=O) groups excluding carboxylic acids is 2. The number of anilines is 2. The number of hydrogen-bond donors (Lipinski definition) is 3. The summed E-state index contributed by atoms with van der Waals surface area (Å²) in [4.78, 5) is 33.8. The Labute approximate surface area is 124 Å². The van der Waals surface area contributed by atoms with Crippen molar-refractivity contribution in [3.63, 3.8) is 0 Å². The fourth-order valence-corrected chi connectivity index (χ4v) is 2.35. The van der Waals surface area contributed by atoms with Gasteiger partial charge in [-0.3, -0.25) is 9.59 Å². The normalized spacial score (nSPS) is 9.95. The monoisotopic (exact) mass is 304 g/mol. The third-order valence-electron chi connectivity index (χ3n) is 2.52. The van der Waals surface area contributed by atoms with Gasteiger partial charge in [0, 0.05) is 18.2 Å². The van der Waals surface area contributed by atoms with Gasteiger partial charge in [-0.1, -0.05) is 0 Å². The molecule has 2 rings (SSSR count). The van der Waals surface area contributed by atoms with Gasteiger partial charge >= 0.3 is 5.97 Å². The number of thiophene rings is 1. The van der Waals surface area contributed by atoms with Crippen LogP contribution in [0, 0.1) is 0 Å². The number of carbonyl (C=O) groups is 3. The van der Waals surface area contributed by atoms with Gasteiger partial charge in [0.1, 0.15) is 4.88 Å². The molecule has 6 nitrogen and oxygen atoms in total. The summed E-state index contributed by atoms with van der Waals surface area (Å²) in [5.41, 5.74) is 1.01. The molecule has 0 atom stereocenters. The van der Waals surface area contributed by atoms with Gasteiger partial charge in [0.05, 0.1) is 5.00 Å². The Morgan fingerprint density at radius 1 is 1.00 bits per heavy atom. The third-order valence-corrected chi connectivity index (χ3v) is 3.51. The van der Waals surface area contributed by atoms with Crippen LogP contribution in [0.15, 0.2) is 36.4 Å². The van der Waals surface area contributed by atoms with Gasteiger partial charge in [0.2, 0.25) is 5.91 Å². The highest BCUT2D eigenvalue weighted by molar-refractivity contribution is 7.18. The Morgan fingerprint density at radius 3 is 2.19 bits per heavy atom. The van der Waals surface area contributed by atoms with Gasteiger partial charge in [-0.25, -0.2) is 4.79 Å². The third kappa shape index (κ3) is 3.90. The molecule has 0 fully saturated rings. The Morgan fingerprint density at radius 2 is 1.67 bits per heavy atom. The lowest BCUT2D eigenvalue weighted by Gasteiger charge is -2.05. The van der Waals surface area contributed by atoms with E-state index >= 15 is 0 Å². The molecule has 1 aromatic carbocycles. The van der Waals surface area contributed by atoms with E-state index in [1.807, 2.05) is 0 Å². The van der Waals surface area contributed by atoms with Crippen molar-refractivity contribution in [2.75, 3.05) is 10.6 Å². The van der Waals surface area contributed by atoms with E-state index in [0.29, 0.717) is 16.3 Å². The molecule has 0 radical (unpaired) electrons. The SMILES string of the molecule is CC(=O)Nc1ccc(C(=O)Nc2ccc(C(=O)O)s2)cc1. The molecule has 0 unspecified atom stereocenters. The van der Waals surface area contributed by atoms with Crippen LogP contribution in [0.2, 0.25) is 0 Å². The molecule has 21 heavy (non-hydrogen) atoms. The highest BCUT2D eigenvalue weighted by Crippen LogP contribution is 2.22. The van der Waals surface area contributed by atoms with E-state index in [2.05, 4.69) is 10.6 Å². The van der Waals surface area contributed by atoms with Crippen LogP contribution >= 0.6 is 11.3 Å². The minimum Gasteiger partial charge on any atom is -0.477 e. The maximum absolute atomic E-state index is 12.0. The van der Waals surface area contributed by atoms with Crippen molar-refractivity contribution in [2.24, 2.45) is 0 Å². The number of aromatic carboxylic acids is 1. The zero-order valence-electron chi connectivity index (χ0n) is 11.0. The van der Waals surface area contributed by atoms with E-state index in [-0.39, 0.29) is 16.7 Å². The number of rotatable bonds is 4. The number of hydrogen-bond acceptors (Lipinski definition) is 4. The fourth-order valence-electron chi connectivity index (χ4n) is 1.61.